The van der Waals surface area contributed by atoms with Crippen LogP contribution in [0.25, 0.3) is 11.3 Å². The summed E-state index contributed by atoms with van der Waals surface area (Å²) in [5, 5.41) is 7.69. The third-order valence-corrected chi connectivity index (χ3v) is 5.49. The lowest BCUT2D eigenvalue weighted by Crippen LogP contribution is -2.38. The van der Waals surface area contributed by atoms with Gasteiger partial charge < -0.3 is 14.5 Å². The second-order valence-electron chi connectivity index (χ2n) is 7.28. The van der Waals surface area contributed by atoms with Gasteiger partial charge in [-0.05, 0) is 38.8 Å². The monoisotopic (exact) mass is 372 g/mol. The first-order valence-corrected chi connectivity index (χ1v) is 9.94. The maximum atomic E-state index is 12.6. The number of carbonyl (C=O) groups excluding carboxylic acids is 1. The van der Waals surface area contributed by atoms with Crippen molar-refractivity contribution in [3.8, 4) is 11.3 Å². The minimum absolute atomic E-state index is 0.125. The molecule has 1 aliphatic carbocycles. The molecule has 146 valence electrons. The highest BCUT2D eigenvalue weighted by Crippen LogP contribution is 2.38. The fourth-order valence-electron chi connectivity index (χ4n) is 3.95. The van der Waals surface area contributed by atoms with Gasteiger partial charge in [0.2, 0.25) is 0 Å². The summed E-state index contributed by atoms with van der Waals surface area (Å²) in [6, 6.07) is 0. The molecule has 7 heteroatoms. The van der Waals surface area contributed by atoms with Crippen molar-refractivity contribution in [1.82, 2.24) is 20.0 Å². The van der Waals surface area contributed by atoms with Crippen LogP contribution in [0.2, 0.25) is 0 Å². The molecule has 1 aliphatic heterocycles. The van der Waals surface area contributed by atoms with Gasteiger partial charge in [-0.15, -0.1) is 0 Å². The van der Waals surface area contributed by atoms with Crippen molar-refractivity contribution in [3.05, 3.63) is 28.8 Å². The van der Waals surface area contributed by atoms with E-state index in [0.717, 1.165) is 81.2 Å². The molecule has 0 aromatic carbocycles. The molecule has 2 aliphatic rings. The molecule has 1 N–H and O–H groups in total. The molecule has 4 rings (SSSR count). The minimum Gasteiger partial charge on any atom is -0.455 e. The third-order valence-electron chi connectivity index (χ3n) is 5.49. The van der Waals surface area contributed by atoms with Crippen molar-refractivity contribution in [2.45, 2.75) is 39.7 Å². The molecule has 0 bridgehead atoms. The van der Waals surface area contributed by atoms with E-state index in [1.54, 1.807) is 0 Å². The van der Waals surface area contributed by atoms with E-state index in [4.69, 9.17) is 9.15 Å². The number of carbonyl (C=O) groups is 1. The van der Waals surface area contributed by atoms with Crippen molar-refractivity contribution in [2.75, 3.05) is 39.4 Å². The lowest BCUT2D eigenvalue weighted by atomic mass is 9.93. The van der Waals surface area contributed by atoms with Crippen molar-refractivity contribution in [2.24, 2.45) is 0 Å². The van der Waals surface area contributed by atoms with Crippen LogP contribution in [0, 0.1) is 6.92 Å². The molecule has 7 nitrogen and oxygen atoms in total. The Morgan fingerprint density at radius 3 is 2.89 bits per heavy atom. The molecule has 1 fully saturated rings. The molecule has 0 radical (unpaired) electrons. The first-order chi connectivity index (χ1) is 13.2. The zero-order valence-corrected chi connectivity index (χ0v) is 16.2. The van der Waals surface area contributed by atoms with Crippen LogP contribution in [0.1, 0.15) is 40.8 Å². The van der Waals surface area contributed by atoms with E-state index in [0.29, 0.717) is 12.3 Å². The molecule has 27 heavy (non-hydrogen) atoms. The van der Waals surface area contributed by atoms with Crippen LogP contribution in [0.3, 0.4) is 0 Å². The smallest absolute Gasteiger partial charge is 0.287 e. The average Bonchev–Trinajstić information content (AvgIpc) is 3.26. The molecular formula is C20H28N4O3. The number of aromatic nitrogens is 2. The lowest BCUT2D eigenvalue weighted by Gasteiger charge is -2.26. The summed E-state index contributed by atoms with van der Waals surface area (Å²) in [6.07, 6.45) is 4.77. The molecule has 0 spiro atoms. The van der Waals surface area contributed by atoms with E-state index in [1.807, 2.05) is 11.6 Å². The summed E-state index contributed by atoms with van der Waals surface area (Å²) in [4.78, 5) is 15.0. The Balaban J connectivity index is 1.40. The van der Waals surface area contributed by atoms with Crippen LogP contribution in [0.15, 0.2) is 10.6 Å². The molecule has 2 aromatic rings. The minimum atomic E-state index is -0.125. The van der Waals surface area contributed by atoms with Gasteiger partial charge in [0, 0.05) is 49.9 Å². The highest BCUT2D eigenvalue weighted by Gasteiger charge is 2.29. The van der Waals surface area contributed by atoms with Gasteiger partial charge in [0.15, 0.2) is 5.76 Å². The lowest BCUT2D eigenvalue weighted by molar-refractivity contribution is 0.0374. The predicted octanol–water partition coefficient (Wildman–Crippen LogP) is 2.02. The van der Waals surface area contributed by atoms with E-state index in [1.165, 1.54) is 5.56 Å². The topological polar surface area (TPSA) is 72.5 Å². The fraction of sp³-hybridized carbons (Fsp3) is 0.600. The number of amides is 1. The number of hydrogen-bond acceptors (Lipinski definition) is 5. The molecule has 1 saturated heterocycles. The van der Waals surface area contributed by atoms with E-state index in [2.05, 4.69) is 28.4 Å². The molecule has 0 atom stereocenters. The number of furan rings is 1. The Kier molecular flexibility index (Phi) is 5.31. The number of hydrogen-bond donors (Lipinski definition) is 1. The number of nitrogens with one attached hydrogen (secondary N) is 1. The predicted molar refractivity (Wildman–Crippen MR) is 102 cm³/mol. The molecular weight excluding hydrogens is 344 g/mol. The summed E-state index contributed by atoms with van der Waals surface area (Å²) in [6.45, 7) is 10.1. The maximum Gasteiger partial charge on any atom is 0.287 e. The fourth-order valence-corrected chi connectivity index (χ4v) is 3.95. The number of aryl methyl sites for hydroxylation is 3. The second-order valence-corrected chi connectivity index (χ2v) is 7.28. The van der Waals surface area contributed by atoms with Gasteiger partial charge in [0.1, 0.15) is 5.76 Å². The van der Waals surface area contributed by atoms with Crippen LogP contribution >= 0.6 is 0 Å². The number of morpholine rings is 1. The Morgan fingerprint density at radius 1 is 1.30 bits per heavy atom. The zero-order valence-electron chi connectivity index (χ0n) is 16.2. The molecule has 0 saturated carbocycles. The Hall–Kier alpha value is -2.12. The summed E-state index contributed by atoms with van der Waals surface area (Å²) in [5.74, 6) is 1.20. The van der Waals surface area contributed by atoms with Gasteiger partial charge in [-0.3, -0.25) is 14.4 Å². The van der Waals surface area contributed by atoms with Crippen molar-refractivity contribution < 1.29 is 13.9 Å². The highest BCUT2D eigenvalue weighted by molar-refractivity contribution is 5.95. The van der Waals surface area contributed by atoms with Gasteiger partial charge in [0.05, 0.1) is 18.9 Å². The third kappa shape index (κ3) is 3.66. The van der Waals surface area contributed by atoms with Crippen LogP contribution in [-0.4, -0.2) is 60.0 Å². The van der Waals surface area contributed by atoms with Gasteiger partial charge in [-0.1, -0.05) is 0 Å². The number of rotatable bonds is 6. The summed E-state index contributed by atoms with van der Waals surface area (Å²) >= 11 is 0. The first kappa shape index (κ1) is 18.3. The number of ether oxygens (including phenoxy) is 1. The summed E-state index contributed by atoms with van der Waals surface area (Å²) in [7, 11) is 0. The van der Waals surface area contributed by atoms with E-state index in [9.17, 15) is 4.79 Å². The quantitative estimate of drug-likeness (QED) is 0.786. The summed E-state index contributed by atoms with van der Waals surface area (Å²) in [5.41, 5.74) is 4.14. The first-order valence-electron chi connectivity index (χ1n) is 9.94. The SMILES string of the molecule is CCn1cc2c(n1)-c1c(oc(C(=O)NCCCN3CCOCC3)c1C)CC2. The largest absolute Gasteiger partial charge is 0.455 e. The van der Waals surface area contributed by atoms with Gasteiger partial charge in [-0.25, -0.2) is 0 Å². The number of nitrogens with zero attached hydrogens (tertiary/aromatic N) is 3. The standard InChI is InChI=1S/C20H28N4O3/c1-3-24-13-15-5-6-16-17(18(15)22-24)14(2)19(27-16)20(25)21-7-4-8-23-9-11-26-12-10-23/h13H,3-12H2,1-2H3,(H,21,25). The van der Waals surface area contributed by atoms with Crippen LogP contribution in [-0.2, 0) is 24.1 Å². The van der Waals surface area contributed by atoms with Crippen molar-refractivity contribution in [1.29, 1.82) is 0 Å². The van der Waals surface area contributed by atoms with Crippen LogP contribution < -0.4 is 5.32 Å². The highest BCUT2D eigenvalue weighted by atomic mass is 16.5. The van der Waals surface area contributed by atoms with Crippen molar-refractivity contribution in [3.63, 3.8) is 0 Å². The molecule has 2 aromatic heterocycles. The van der Waals surface area contributed by atoms with Gasteiger partial charge in [-0.2, -0.15) is 5.10 Å². The molecule has 1 amide bonds. The average molecular weight is 372 g/mol. The van der Waals surface area contributed by atoms with E-state index in [-0.39, 0.29) is 5.91 Å². The van der Waals surface area contributed by atoms with Crippen LogP contribution in [0.4, 0.5) is 0 Å². The molecule has 3 heterocycles. The maximum absolute atomic E-state index is 12.6. The molecule has 0 unspecified atom stereocenters. The Morgan fingerprint density at radius 2 is 2.11 bits per heavy atom. The Labute approximate surface area is 159 Å². The van der Waals surface area contributed by atoms with Crippen molar-refractivity contribution >= 4 is 5.91 Å². The van der Waals surface area contributed by atoms with Gasteiger partial charge in [0.25, 0.3) is 5.91 Å². The second kappa shape index (κ2) is 7.86. The zero-order chi connectivity index (χ0) is 18.8. The van der Waals surface area contributed by atoms with E-state index >= 15 is 0 Å². The number of fused-ring (bicyclic) bond motifs is 3. The summed E-state index contributed by atoms with van der Waals surface area (Å²) < 4.78 is 13.3. The normalized spacial score (nSPS) is 16.8. The van der Waals surface area contributed by atoms with E-state index < -0.39 is 0 Å². The van der Waals surface area contributed by atoms with Gasteiger partial charge >= 0.3 is 0 Å². The van der Waals surface area contributed by atoms with Crippen LogP contribution in [0.5, 0.6) is 0 Å². The Bertz CT molecular complexity index is 818.